The molecular weight excluding hydrogens is 267 g/mol. The van der Waals surface area contributed by atoms with Gasteiger partial charge in [-0.25, -0.2) is 4.39 Å². The first-order valence-electron chi connectivity index (χ1n) is 6.93. The van der Waals surface area contributed by atoms with Crippen molar-refractivity contribution in [3.05, 3.63) is 70.7 Å². The first-order valence-corrected chi connectivity index (χ1v) is 6.93. The van der Waals surface area contributed by atoms with E-state index in [-0.39, 0.29) is 11.3 Å². The fraction of sp³-hybridized carbons (Fsp3) is 0.167. The van der Waals surface area contributed by atoms with Crippen LogP contribution in [0.3, 0.4) is 0 Å². The number of fused-ring (bicyclic) bond motifs is 1. The van der Waals surface area contributed by atoms with Crippen LogP contribution in [0.4, 0.5) is 4.39 Å². The predicted octanol–water partition coefficient (Wildman–Crippen LogP) is 4.67. The zero-order valence-corrected chi connectivity index (χ0v) is 11.9. The SMILES string of the molecule is CCc1oc2ccccc2c1C(=O)c1ccc(C)cc1F. The highest BCUT2D eigenvalue weighted by Gasteiger charge is 2.22. The van der Waals surface area contributed by atoms with Gasteiger partial charge >= 0.3 is 0 Å². The van der Waals surface area contributed by atoms with Gasteiger partial charge in [0, 0.05) is 11.8 Å². The molecule has 0 aliphatic rings. The summed E-state index contributed by atoms with van der Waals surface area (Å²) in [5.74, 6) is -0.220. The first-order chi connectivity index (χ1) is 10.1. The van der Waals surface area contributed by atoms with E-state index in [1.165, 1.54) is 12.1 Å². The van der Waals surface area contributed by atoms with Gasteiger partial charge in [-0.05, 0) is 30.7 Å². The number of para-hydroxylation sites is 1. The summed E-state index contributed by atoms with van der Waals surface area (Å²) in [6.45, 7) is 3.71. The van der Waals surface area contributed by atoms with E-state index >= 15 is 0 Å². The summed E-state index contributed by atoms with van der Waals surface area (Å²) in [6.07, 6.45) is 0.587. The summed E-state index contributed by atoms with van der Waals surface area (Å²) in [7, 11) is 0. The highest BCUT2D eigenvalue weighted by Crippen LogP contribution is 2.29. The van der Waals surface area contributed by atoms with E-state index in [4.69, 9.17) is 4.42 Å². The van der Waals surface area contributed by atoms with Crippen molar-refractivity contribution in [1.82, 2.24) is 0 Å². The van der Waals surface area contributed by atoms with Crippen LogP contribution >= 0.6 is 0 Å². The lowest BCUT2D eigenvalue weighted by atomic mass is 9.98. The van der Waals surface area contributed by atoms with Crippen LogP contribution in [-0.4, -0.2) is 5.78 Å². The highest BCUT2D eigenvalue weighted by atomic mass is 19.1. The predicted molar refractivity (Wildman–Crippen MR) is 80.2 cm³/mol. The Bertz CT molecular complexity index is 830. The Hall–Kier alpha value is -2.42. The molecule has 0 radical (unpaired) electrons. The van der Waals surface area contributed by atoms with Gasteiger partial charge in [0.05, 0.1) is 11.1 Å². The fourth-order valence-corrected chi connectivity index (χ4v) is 2.53. The Kier molecular flexibility index (Phi) is 3.34. The van der Waals surface area contributed by atoms with Gasteiger partial charge in [-0.15, -0.1) is 0 Å². The third-order valence-electron chi connectivity index (χ3n) is 3.59. The minimum Gasteiger partial charge on any atom is -0.460 e. The van der Waals surface area contributed by atoms with Gasteiger partial charge in [0.25, 0.3) is 0 Å². The summed E-state index contributed by atoms with van der Waals surface area (Å²) >= 11 is 0. The molecule has 0 N–H and O–H groups in total. The molecule has 106 valence electrons. The molecule has 3 heteroatoms. The van der Waals surface area contributed by atoms with Crippen LogP contribution in [0.2, 0.25) is 0 Å². The maximum atomic E-state index is 14.1. The van der Waals surface area contributed by atoms with Gasteiger partial charge in [-0.2, -0.15) is 0 Å². The van der Waals surface area contributed by atoms with Crippen LogP contribution < -0.4 is 0 Å². The van der Waals surface area contributed by atoms with E-state index < -0.39 is 5.82 Å². The number of benzene rings is 2. The van der Waals surface area contributed by atoms with Crippen LogP contribution in [0, 0.1) is 12.7 Å². The van der Waals surface area contributed by atoms with E-state index in [0.717, 1.165) is 10.9 Å². The minimum atomic E-state index is -0.493. The standard InChI is InChI=1S/C18H15FO2/c1-3-15-17(13-6-4-5-7-16(13)21-15)18(20)12-9-8-11(2)10-14(12)19/h4-10H,3H2,1-2H3. The number of ketones is 1. The van der Waals surface area contributed by atoms with E-state index in [9.17, 15) is 9.18 Å². The molecule has 1 aromatic heterocycles. The fourth-order valence-electron chi connectivity index (χ4n) is 2.53. The molecule has 0 saturated carbocycles. The van der Waals surface area contributed by atoms with E-state index in [0.29, 0.717) is 23.3 Å². The van der Waals surface area contributed by atoms with Gasteiger partial charge in [0.1, 0.15) is 17.2 Å². The molecule has 0 amide bonds. The van der Waals surface area contributed by atoms with Gasteiger partial charge in [-0.1, -0.05) is 31.2 Å². The van der Waals surface area contributed by atoms with Crippen molar-refractivity contribution in [3.63, 3.8) is 0 Å². The Morgan fingerprint density at radius 1 is 1.19 bits per heavy atom. The van der Waals surface area contributed by atoms with Crippen molar-refractivity contribution < 1.29 is 13.6 Å². The molecule has 0 aliphatic heterocycles. The lowest BCUT2D eigenvalue weighted by Gasteiger charge is -2.04. The highest BCUT2D eigenvalue weighted by molar-refractivity contribution is 6.17. The second kappa shape index (κ2) is 5.17. The molecule has 2 aromatic carbocycles. The van der Waals surface area contributed by atoms with Crippen molar-refractivity contribution in [2.24, 2.45) is 0 Å². The maximum absolute atomic E-state index is 14.1. The number of hydrogen-bond acceptors (Lipinski definition) is 2. The van der Waals surface area contributed by atoms with E-state index in [1.807, 2.05) is 31.2 Å². The van der Waals surface area contributed by atoms with E-state index in [2.05, 4.69) is 0 Å². The van der Waals surface area contributed by atoms with Crippen LogP contribution in [0.25, 0.3) is 11.0 Å². The van der Waals surface area contributed by atoms with Crippen molar-refractivity contribution in [3.8, 4) is 0 Å². The molecule has 0 fully saturated rings. The number of aryl methyl sites for hydroxylation is 2. The molecule has 21 heavy (non-hydrogen) atoms. The molecule has 3 rings (SSSR count). The summed E-state index contributed by atoms with van der Waals surface area (Å²) in [5, 5.41) is 0.735. The Labute approximate surface area is 122 Å². The normalized spacial score (nSPS) is 11.0. The zero-order chi connectivity index (χ0) is 15.0. The van der Waals surface area contributed by atoms with Crippen LogP contribution in [0.5, 0.6) is 0 Å². The Morgan fingerprint density at radius 3 is 2.67 bits per heavy atom. The van der Waals surface area contributed by atoms with Crippen LogP contribution in [0.15, 0.2) is 46.9 Å². The molecule has 0 spiro atoms. The largest absolute Gasteiger partial charge is 0.460 e. The molecule has 0 atom stereocenters. The average molecular weight is 282 g/mol. The number of carbonyl (C=O) groups is 1. The topological polar surface area (TPSA) is 30.2 Å². The zero-order valence-electron chi connectivity index (χ0n) is 11.9. The van der Waals surface area contributed by atoms with Crippen LogP contribution in [0.1, 0.15) is 34.2 Å². The quantitative estimate of drug-likeness (QED) is 0.653. The van der Waals surface area contributed by atoms with Gasteiger partial charge in [-0.3, -0.25) is 4.79 Å². The minimum absolute atomic E-state index is 0.0850. The Morgan fingerprint density at radius 2 is 1.95 bits per heavy atom. The van der Waals surface area contributed by atoms with Crippen molar-refractivity contribution in [1.29, 1.82) is 0 Å². The van der Waals surface area contributed by atoms with Crippen LogP contribution in [-0.2, 0) is 6.42 Å². The molecule has 3 aromatic rings. The maximum Gasteiger partial charge on any atom is 0.200 e. The first kappa shape index (κ1) is 13.6. The lowest BCUT2D eigenvalue weighted by Crippen LogP contribution is -2.06. The number of halogens is 1. The molecule has 2 nitrogen and oxygen atoms in total. The molecule has 1 heterocycles. The number of rotatable bonds is 3. The van der Waals surface area contributed by atoms with Crippen molar-refractivity contribution in [2.45, 2.75) is 20.3 Å². The lowest BCUT2D eigenvalue weighted by molar-refractivity contribution is 0.103. The molecule has 0 unspecified atom stereocenters. The molecule has 0 saturated heterocycles. The van der Waals surface area contributed by atoms with Gasteiger partial charge < -0.3 is 4.42 Å². The Balaban J connectivity index is 2.21. The second-order valence-corrected chi connectivity index (χ2v) is 5.06. The number of carbonyl (C=O) groups excluding carboxylic acids is 1. The monoisotopic (exact) mass is 282 g/mol. The van der Waals surface area contributed by atoms with Crippen molar-refractivity contribution in [2.75, 3.05) is 0 Å². The molecular formula is C18H15FO2. The second-order valence-electron chi connectivity index (χ2n) is 5.06. The number of furan rings is 1. The third kappa shape index (κ3) is 2.25. The van der Waals surface area contributed by atoms with Crippen molar-refractivity contribution >= 4 is 16.8 Å². The van der Waals surface area contributed by atoms with Gasteiger partial charge in [0.2, 0.25) is 0 Å². The molecule has 0 bridgehead atoms. The smallest absolute Gasteiger partial charge is 0.200 e. The number of hydrogen-bond donors (Lipinski definition) is 0. The summed E-state index contributed by atoms with van der Waals surface area (Å²) in [5.41, 5.74) is 2.00. The average Bonchev–Trinajstić information content (AvgIpc) is 2.85. The molecule has 0 aliphatic carbocycles. The summed E-state index contributed by atoms with van der Waals surface area (Å²) < 4.78 is 19.8. The van der Waals surface area contributed by atoms with Gasteiger partial charge in [0.15, 0.2) is 5.78 Å². The summed E-state index contributed by atoms with van der Waals surface area (Å²) in [4.78, 5) is 12.7. The summed E-state index contributed by atoms with van der Waals surface area (Å²) in [6, 6.07) is 12.0. The third-order valence-corrected chi connectivity index (χ3v) is 3.59. The van der Waals surface area contributed by atoms with E-state index in [1.54, 1.807) is 13.0 Å².